The number of halogens is 2. The molecule has 0 saturated carbocycles. The fourth-order valence-electron chi connectivity index (χ4n) is 3.56. The molecule has 0 aliphatic carbocycles. The van der Waals surface area contributed by atoms with E-state index in [9.17, 15) is 17.9 Å². The van der Waals surface area contributed by atoms with Crippen molar-refractivity contribution in [2.75, 3.05) is 39.3 Å². The van der Waals surface area contributed by atoms with Gasteiger partial charge in [0.1, 0.15) is 5.82 Å². The van der Waals surface area contributed by atoms with Gasteiger partial charge in [-0.15, -0.1) is 0 Å². The number of aliphatic hydroxyl groups excluding tert-OH is 1. The van der Waals surface area contributed by atoms with Gasteiger partial charge in [0, 0.05) is 31.2 Å². The van der Waals surface area contributed by atoms with Crippen molar-refractivity contribution in [1.82, 2.24) is 9.21 Å². The van der Waals surface area contributed by atoms with Crippen molar-refractivity contribution in [3.05, 3.63) is 64.9 Å². The third-order valence-electron chi connectivity index (χ3n) is 5.35. The van der Waals surface area contributed by atoms with Gasteiger partial charge in [-0.2, -0.15) is 4.31 Å². The first-order valence-electron chi connectivity index (χ1n) is 10.3. The van der Waals surface area contributed by atoms with Crippen LogP contribution in [-0.4, -0.2) is 68.2 Å². The Bertz CT molecular complexity index is 941. The summed E-state index contributed by atoms with van der Waals surface area (Å²) in [6.07, 6.45) is -0.211. The van der Waals surface area contributed by atoms with Crippen molar-refractivity contribution in [3.8, 4) is 0 Å². The minimum absolute atomic E-state index is 0.0898. The molecule has 0 spiro atoms. The zero-order valence-corrected chi connectivity index (χ0v) is 19.0. The van der Waals surface area contributed by atoms with Crippen LogP contribution in [0, 0.1) is 5.82 Å². The van der Waals surface area contributed by atoms with E-state index in [0.717, 1.165) is 17.7 Å². The summed E-state index contributed by atoms with van der Waals surface area (Å²) in [7, 11) is -3.67. The van der Waals surface area contributed by atoms with Crippen LogP contribution in [0.25, 0.3) is 0 Å². The molecule has 1 aliphatic rings. The summed E-state index contributed by atoms with van der Waals surface area (Å²) in [6, 6.07) is 12.3. The van der Waals surface area contributed by atoms with Crippen molar-refractivity contribution in [1.29, 1.82) is 0 Å². The SMILES string of the molecule is C[C@@H](OC[C@@H](O)CN1CCCN(S(=O)(=O)c2ccc(F)cc2)CC1)c1ccc(Cl)cc1. The normalized spacial score (nSPS) is 18.5. The van der Waals surface area contributed by atoms with Gasteiger partial charge in [-0.3, -0.25) is 4.90 Å². The molecule has 1 fully saturated rings. The maximum atomic E-state index is 13.1. The molecule has 0 amide bonds. The largest absolute Gasteiger partial charge is 0.389 e. The predicted molar refractivity (Wildman–Crippen MR) is 118 cm³/mol. The summed E-state index contributed by atoms with van der Waals surface area (Å²) in [4.78, 5) is 2.13. The first kappa shape index (κ1) is 24.1. The third kappa shape index (κ3) is 6.71. The summed E-state index contributed by atoms with van der Waals surface area (Å²) >= 11 is 5.90. The van der Waals surface area contributed by atoms with Crippen LogP contribution in [0.4, 0.5) is 4.39 Å². The van der Waals surface area contributed by atoms with E-state index in [2.05, 4.69) is 0 Å². The Morgan fingerprint density at radius 3 is 2.42 bits per heavy atom. The lowest BCUT2D eigenvalue weighted by atomic mass is 10.1. The predicted octanol–water partition coefficient (Wildman–Crippen LogP) is 3.31. The Labute approximate surface area is 188 Å². The zero-order chi connectivity index (χ0) is 22.4. The van der Waals surface area contributed by atoms with Gasteiger partial charge in [0.25, 0.3) is 0 Å². The van der Waals surface area contributed by atoms with Crippen molar-refractivity contribution >= 4 is 21.6 Å². The maximum Gasteiger partial charge on any atom is 0.243 e. The zero-order valence-electron chi connectivity index (χ0n) is 17.5. The van der Waals surface area contributed by atoms with E-state index in [1.165, 1.54) is 16.4 Å². The van der Waals surface area contributed by atoms with Crippen LogP contribution in [0.5, 0.6) is 0 Å². The topological polar surface area (TPSA) is 70.1 Å². The maximum absolute atomic E-state index is 13.1. The standard InChI is InChI=1S/C22H28ClFN2O4S/c1-17(18-3-5-19(23)6-4-18)30-16-21(27)15-25-11-2-12-26(14-13-25)31(28,29)22-9-7-20(24)8-10-22/h3-10,17,21,27H,2,11-16H2,1H3/t17-,21+/m1/s1. The number of nitrogens with zero attached hydrogens (tertiary/aromatic N) is 2. The lowest BCUT2D eigenvalue weighted by molar-refractivity contribution is -0.0151. The minimum Gasteiger partial charge on any atom is -0.389 e. The third-order valence-corrected chi connectivity index (χ3v) is 7.51. The Hall–Kier alpha value is -1.55. The number of β-amino-alcohol motifs (C(OH)–C–C–N with tert-alkyl or cyclic N) is 1. The molecule has 0 bridgehead atoms. The van der Waals surface area contributed by atoms with E-state index in [-0.39, 0.29) is 17.6 Å². The molecule has 0 aromatic heterocycles. The fraction of sp³-hybridized carbons (Fsp3) is 0.455. The summed E-state index contributed by atoms with van der Waals surface area (Å²) in [6.45, 7) is 4.38. The molecular formula is C22H28ClFN2O4S. The Balaban J connectivity index is 1.49. The monoisotopic (exact) mass is 470 g/mol. The second-order valence-electron chi connectivity index (χ2n) is 7.69. The highest BCUT2D eigenvalue weighted by Crippen LogP contribution is 2.20. The van der Waals surface area contributed by atoms with E-state index in [1.807, 2.05) is 24.0 Å². The molecule has 2 atom stereocenters. The molecule has 9 heteroatoms. The quantitative estimate of drug-likeness (QED) is 0.641. The molecule has 1 heterocycles. The van der Waals surface area contributed by atoms with Crippen molar-refractivity contribution < 1.29 is 22.7 Å². The van der Waals surface area contributed by atoms with Crippen LogP contribution < -0.4 is 0 Å². The van der Waals surface area contributed by atoms with Crippen LogP contribution in [0.2, 0.25) is 5.02 Å². The highest BCUT2D eigenvalue weighted by Gasteiger charge is 2.27. The average molecular weight is 471 g/mol. The highest BCUT2D eigenvalue weighted by atomic mass is 35.5. The van der Waals surface area contributed by atoms with Gasteiger partial charge in [-0.1, -0.05) is 23.7 Å². The fourth-order valence-corrected chi connectivity index (χ4v) is 5.16. The average Bonchev–Trinajstić information content (AvgIpc) is 2.99. The van der Waals surface area contributed by atoms with Crippen LogP contribution in [0.15, 0.2) is 53.4 Å². The van der Waals surface area contributed by atoms with Gasteiger partial charge in [0.2, 0.25) is 10.0 Å². The van der Waals surface area contributed by atoms with E-state index in [1.54, 1.807) is 12.1 Å². The van der Waals surface area contributed by atoms with Gasteiger partial charge in [0.05, 0.1) is 23.7 Å². The second kappa shape index (κ2) is 10.8. The van der Waals surface area contributed by atoms with Crippen LogP contribution in [-0.2, 0) is 14.8 Å². The van der Waals surface area contributed by atoms with E-state index < -0.39 is 21.9 Å². The Morgan fingerprint density at radius 1 is 1.06 bits per heavy atom. The molecule has 1 aliphatic heterocycles. The van der Waals surface area contributed by atoms with Gasteiger partial charge in [0.15, 0.2) is 0 Å². The molecule has 0 unspecified atom stereocenters. The molecular weight excluding hydrogens is 443 g/mol. The van der Waals surface area contributed by atoms with E-state index in [4.69, 9.17) is 16.3 Å². The van der Waals surface area contributed by atoms with Crippen LogP contribution >= 0.6 is 11.6 Å². The summed E-state index contributed by atoms with van der Waals surface area (Å²) in [5.74, 6) is -0.470. The summed E-state index contributed by atoms with van der Waals surface area (Å²) < 4.78 is 46.0. The van der Waals surface area contributed by atoms with Crippen molar-refractivity contribution in [3.63, 3.8) is 0 Å². The second-order valence-corrected chi connectivity index (χ2v) is 10.1. The van der Waals surface area contributed by atoms with Crippen LogP contribution in [0.3, 0.4) is 0 Å². The molecule has 0 radical (unpaired) electrons. The Kier molecular flexibility index (Phi) is 8.43. The van der Waals surface area contributed by atoms with Gasteiger partial charge >= 0.3 is 0 Å². The molecule has 170 valence electrons. The number of hydrogen-bond donors (Lipinski definition) is 1. The van der Waals surface area contributed by atoms with Gasteiger partial charge < -0.3 is 9.84 Å². The van der Waals surface area contributed by atoms with Gasteiger partial charge in [-0.25, -0.2) is 12.8 Å². The van der Waals surface area contributed by atoms with E-state index >= 15 is 0 Å². The number of ether oxygens (including phenoxy) is 1. The smallest absolute Gasteiger partial charge is 0.243 e. The van der Waals surface area contributed by atoms with Crippen molar-refractivity contribution in [2.45, 2.75) is 30.4 Å². The first-order chi connectivity index (χ1) is 14.8. The molecule has 31 heavy (non-hydrogen) atoms. The number of sulfonamides is 1. The number of aliphatic hydroxyl groups is 1. The van der Waals surface area contributed by atoms with Crippen molar-refractivity contribution in [2.24, 2.45) is 0 Å². The van der Waals surface area contributed by atoms with E-state index in [0.29, 0.717) is 44.2 Å². The number of benzene rings is 2. The minimum atomic E-state index is -3.67. The summed E-state index contributed by atoms with van der Waals surface area (Å²) in [5, 5.41) is 11.1. The molecule has 1 N–H and O–H groups in total. The van der Waals surface area contributed by atoms with Crippen LogP contribution in [0.1, 0.15) is 25.0 Å². The first-order valence-corrected chi connectivity index (χ1v) is 12.1. The molecule has 1 saturated heterocycles. The van der Waals surface area contributed by atoms with Gasteiger partial charge in [-0.05, 0) is 61.9 Å². The lowest BCUT2D eigenvalue weighted by Gasteiger charge is -2.24. The molecule has 3 rings (SSSR count). The molecule has 2 aromatic carbocycles. The lowest BCUT2D eigenvalue weighted by Crippen LogP contribution is -2.39. The number of hydrogen-bond acceptors (Lipinski definition) is 5. The molecule has 2 aromatic rings. The highest BCUT2D eigenvalue weighted by molar-refractivity contribution is 7.89. The Morgan fingerprint density at radius 2 is 1.74 bits per heavy atom. The number of rotatable bonds is 8. The summed E-state index contributed by atoms with van der Waals surface area (Å²) in [5.41, 5.74) is 0.980. The molecule has 6 nitrogen and oxygen atoms in total.